The van der Waals surface area contributed by atoms with Gasteiger partial charge in [-0.05, 0) is 61.6 Å². The summed E-state index contributed by atoms with van der Waals surface area (Å²) >= 11 is 0. The van der Waals surface area contributed by atoms with Crippen LogP contribution in [-0.2, 0) is 16.4 Å². The Bertz CT molecular complexity index is 1090. The number of methoxy groups -OCH3 is 1. The van der Waals surface area contributed by atoms with Gasteiger partial charge in [0.2, 0.25) is 10.0 Å². The maximum Gasteiger partial charge on any atom is 0.387 e. The molecule has 0 spiro atoms. The predicted octanol–water partition coefficient (Wildman–Crippen LogP) is 3.75. The number of aryl methyl sites for hydroxylation is 1. The minimum atomic E-state index is -3.65. The van der Waals surface area contributed by atoms with E-state index in [-0.39, 0.29) is 28.5 Å². The van der Waals surface area contributed by atoms with Gasteiger partial charge in [-0.1, -0.05) is 18.6 Å². The molecule has 1 fully saturated rings. The number of amides is 1. The van der Waals surface area contributed by atoms with E-state index in [1.807, 2.05) is 0 Å². The average Bonchev–Trinajstić information content (AvgIpc) is 2.79. The zero-order chi connectivity index (χ0) is 24.0. The van der Waals surface area contributed by atoms with Crippen molar-refractivity contribution in [2.75, 3.05) is 26.7 Å². The van der Waals surface area contributed by atoms with Crippen LogP contribution in [0.5, 0.6) is 11.5 Å². The normalized spacial score (nSPS) is 14.8. The van der Waals surface area contributed by atoms with Gasteiger partial charge in [0, 0.05) is 25.2 Å². The third-order valence-corrected chi connectivity index (χ3v) is 7.44. The molecule has 1 aliphatic heterocycles. The monoisotopic (exact) mass is 482 g/mol. The lowest BCUT2D eigenvalue weighted by Gasteiger charge is -2.26. The molecule has 0 bridgehead atoms. The third-order valence-electron chi connectivity index (χ3n) is 5.55. The van der Waals surface area contributed by atoms with Gasteiger partial charge in [0.05, 0.1) is 12.0 Å². The van der Waals surface area contributed by atoms with Crippen LogP contribution in [0.25, 0.3) is 0 Å². The Morgan fingerprint density at radius 1 is 1.09 bits per heavy atom. The molecule has 10 heteroatoms. The predicted molar refractivity (Wildman–Crippen MR) is 119 cm³/mol. The highest BCUT2D eigenvalue weighted by molar-refractivity contribution is 7.89. The van der Waals surface area contributed by atoms with E-state index in [9.17, 15) is 22.0 Å². The molecule has 3 rings (SSSR count). The van der Waals surface area contributed by atoms with Gasteiger partial charge < -0.3 is 14.8 Å². The van der Waals surface area contributed by atoms with E-state index in [4.69, 9.17) is 4.74 Å². The number of halogens is 2. The molecule has 1 heterocycles. The van der Waals surface area contributed by atoms with E-state index < -0.39 is 22.5 Å². The maximum atomic E-state index is 13.0. The van der Waals surface area contributed by atoms with Gasteiger partial charge in [-0.25, -0.2) is 8.42 Å². The highest BCUT2D eigenvalue weighted by Gasteiger charge is 2.27. The smallest absolute Gasteiger partial charge is 0.387 e. The number of hydrogen-bond acceptors (Lipinski definition) is 5. The summed E-state index contributed by atoms with van der Waals surface area (Å²) in [5.41, 5.74) is 1.61. The summed E-state index contributed by atoms with van der Waals surface area (Å²) in [6.07, 6.45) is 3.03. The van der Waals surface area contributed by atoms with E-state index in [1.54, 1.807) is 19.1 Å². The quantitative estimate of drug-likeness (QED) is 0.589. The van der Waals surface area contributed by atoms with Crippen molar-refractivity contribution in [3.63, 3.8) is 0 Å². The van der Waals surface area contributed by atoms with E-state index >= 15 is 0 Å². The van der Waals surface area contributed by atoms with Crippen LogP contribution in [0.2, 0.25) is 0 Å². The van der Waals surface area contributed by atoms with Crippen molar-refractivity contribution in [1.29, 1.82) is 0 Å². The Morgan fingerprint density at radius 2 is 1.82 bits per heavy atom. The molecule has 0 saturated carbocycles. The van der Waals surface area contributed by atoms with E-state index in [1.165, 1.54) is 35.7 Å². The Kier molecular flexibility index (Phi) is 8.25. The second kappa shape index (κ2) is 10.9. The van der Waals surface area contributed by atoms with Crippen molar-refractivity contribution in [3.05, 3.63) is 53.1 Å². The van der Waals surface area contributed by atoms with Gasteiger partial charge in [-0.15, -0.1) is 0 Å². The lowest BCUT2D eigenvalue weighted by molar-refractivity contribution is -0.0512. The van der Waals surface area contributed by atoms with Crippen LogP contribution in [0.4, 0.5) is 8.78 Å². The SMILES string of the molecule is COc1ccc(CCNC(=O)c2cc(S(=O)(=O)N3CCCCC3)ccc2C)cc1OC(F)F. The zero-order valence-corrected chi connectivity index (χ0v) is 19.5. The Labute approximate surface area is 192 Å². The van der Waals surface area contributed by atoms with E-state index in [0.29, 0.717) is 30.6 Å². The second-order valence-corrected chi connectivity index (χ2v) is 9.75. The molecule has 2 aromatic carbocycles. The molecule has 1 saturated heterocycles. The standard InChI is InChI=1S/C23H28F2N2O5S/c1-16-6-8-18(33(29,30)27-12-4-3-5-13-27)15-19(16)22(28)26-11-10-17-7-9-20(31-2)21(14-17)32-23(24)25/h6-9,14-15,23H,3-5,10-13H2,1-2H3,(H,26,28). The molecule has 33 heavy (non-hydrogen) atoms. The molecule has 0 aromatic heterocycles. The number of benzene rings is 2. The molecule has 1 N–H and O–H groups in total. The van der Waals surface area contributed by atoms with Gasteiger partial charge >= 0.3 is 6.61 Å². The summed E-state index contributed by atoms with van der Waals surface area (Å²) in [6.45, 7) is -0.0514. The molecular formula is C23H28F2N2O5S. The summed E-state index contributed by atoms with van der Waals surface area (Å²) in [7, 11) is -2.30. The molecule has 1 amide bonds. The summed E-state index contributed by atoms with van der Waals surface area (Å²) in [5, 5.41) is 2.77. The number of sulfonamides is 1. The first-order chi connectivity index (χ1) is 15.7. The molecule has 7 nitrogen and oxygen atoms in total. The van der Waals surface area contributed by atoms with Crippen molar-refractivity contribution in [2.45, 2.75) is 44.1 Å². The number of nitrogens with one attached hydrogen (secondary N) is 1. The molecule has 0 unspecified atom stereocenters. The van der Waals surface area contributed by atoms with Gasteiger partial charge in [0.1, 0.15) is 0 Å². The maximum absolute atomic E-state index is 13.0. The number of piperidine rings is 1. The molecule has 180 valence electrons. The third kappa shape index (κ3) is 6.20. The summed E-state index contributed by atoms with van der Waals surface area (Å²) in [4.78, 5) is 12.9. The molecule has 1 aliphatic rings. The summed E-state index contributed by atoms with van der Waals surface area (Å²) in [5.74, 6) is -0.297. The first kappa shape index (κ1) is 24.9. The first-order valence-corrected chi connectivity index (χ1v) is 12.2. The van der Waals surface area contributed by atoms with Crippen LogP contribution in [0.15, 0.2) is 41.3 Å². The van der Waals surface area contributed by atoms with Crippen molar-refractivity contribution in [3.8, 4) is 11.5 Å². The van der Waals surface area contributed by atoms with Gasteiger partial charge in [0.15, 0.2) is 11.5 Å². The van der Waals surface area contributed by atoms with Crippen LogP contribution in [-0.4, -0.2) is 52.0 Å². The highest BCUT2D eigenvalue weighted by atomic mass is 32.2. The highest BCUT2D eigenvalue weighted by Crippen LogP contribution is 2.29. The minimum Gasteiger partial charge on any atom is -0.493 e. The number of carbonyl (C=O) groups excluding carboxylic acids is 1. The van der Waals surface area contributed by atoms with Crippen LogP contribution < -0.4 is 14.8 Å². The van der Waals surface area contributed by atoms with Crippen LogP contribution in [0.3, 0.4) is 0 Å². The number of rotatable bonds is 9. The van der Waals surface area contributed by atoms with Crippen molar-refractivity contribution < 1.29 is 31.5 Å². The minimum absolute atomic E-state index is 0.0807. The molecular weight excluding hydrogens is 454 g/mol. The van der Waals surface area contributed by atoms with Crippen molar-refractivity contribution in [2.24, 2.45) is 0 Å². The number of ether oxygens (including phenoxy) is 2. The average molecular weight is 483 g/mol. The van der Waals surface area contributed by atoms with Crippen LogP contribution >= 0.6 is 0 Å². The second-order valence-electron chi connectivity index (χ2n) is 7.81. The van der Waals surface area contributed by atoms with Crippen molar-refractivity contribution >= 4 is 15.9 Å². The van der Waals surface area contributed by atoms with E-state index in [2.05, 4.69) is 10.1 Å². The first-order valence-electron chi connectivity index (χ1n) is 10.7. The number of carbonyl (C=O) groups is 1. The lowest BCUT2D eigenvalue weighted by Crippen LogP contribution is -2.35. The zero-order valence-electron chi connectivity index (χ0n) is 18.6. The molecule has 0 radical (unpaired) electrons. The fourth-order valence-electron chi connectivity index (χ4n) is 3.74. The fourth-order valence-corrected chi connectivity index (χ4v) is 5.28. The number of nitrogens with zero attached hydrogens (tertiary/aromatic N) is 1. The van der Waals surface area contributed by atoms with E-state index in [0.717, 1.165) is 19.3 Å². The fraction of sp³-hybridized carbons (Fsp3) is 0.435. The largest absolute Gasteiger partial charge is 0.493 e. The number of alkyl halides is 2. The Morgan fingerprint density at radius 3 is 2.48 bits per heavy atom. The summed E-state index contributed by atoms with van der Waals surface area (Å²) < 4.78 is 62.1. The molecule has 0 aliphatic carbocycles. The van der Waals surface area contributed by atoms with Gasteiger partial charge in [0.25, 0.3) is 5.91 Å². The number of hydrogen-bond donors (Lipinski definition) is 1. The molecule has 0 atom stereocenters. The Balaban J connectivity index is 1.68. The summed E-state index contributed by atoms with van der Waals surface area (Å²) in [6, 6.07) is 9.22. The van der Waals surface area contributed by atoms with Crippen LogP contribution in [0, 0.1) is 6.92 Å². The Hall–Kier alpha value is -2.72. The topological polar surface area (TPSA) is 84.9 Å². The lowest BCUT2D eigenvalue weighted by atomic mass is 10.1. The van der Waals surface area contributed by atoms with Gasteiger partial charge in [-0.2, -0.15) is 13.1 Å². The molecule has 2 aromatic rings. The van der Waals surface area contributed by atoms with Gasteiger partial charge in [-0.3, -0.25) is 4.79 Å². The van der Waals surface area contributed by atoms with Crippen molar-refractivity contribution in [1.82, 2.24) is 9.62 Å². The van der Waals surface area contributed by atoms with Crippen LogP contribution in [0.1, 0.15) is 40.7 Å².